The van der Waals surface area contributed by atoms with Crippen LogP contribution in [0.1, 0.15) is 13.3 Å². The Hall–Kier alpha value is -0.790. The molecule has 0 aromatic heterocycles. The summed E-state index contributed by atoms with van der Waals surface area (Å²) in [6.07, 6.45) is 2.28. The molecule has 0 fully saturated rings. The van der Waals surface area contributed by atoms with Crippen LogP contribution in [-0.2, 0) is 9.53 Å². The molecule has 0 aromatic rings. The van der Waals surface area contributed by atoms with Crippen LogP contribution >= 0.6 is 0 Å². The van der Waals surface area contributed by atoms with Gasteiger partial charge in [-0.05, 0) is 13.3 Å². The molecule has 0 aliphatic carbocycles. The van der Waals surface area contributed by atoms with Crippen LogP contribution in [0.4, 0.5) is 0 Å². The van der Waals surface area contributed by atoms with Crippen molar-refractivity contribution in [3.63, 3.8) is 0 Å². The fourth-order valence-electron chi connectivity index (χ4n) is 0.474. The normalized spacial score (nSPS) is 9.22. The van der Waals surface area contributed by atoms with Gasteiger partial charge in [0.1, 0.15) is 0 Å². The lowest BCUT2D eigenvalue weighted by atomic mass is 10.1. The van der Waals surface area contributed by atoms with Gasteiger partial charge in [0.25, 0.3) is 0 Å². The highest BCUT2D eigenvalue weighted by atomic mass is 16.5. The number of carbonyl (C=O) groups is 1. The first kappa shape index (κ1) is 8.21. The molecule has 0 atom stereocenters. The average Bonchev–Trinajstić information content (AvgIpc) is 1.87. The number of esters is 1. The summed E-state index contributed by atoms with van der Waals surface area (Å²) in [5.41, 5.74) is 0. The predicted octanol–water partition coefficient (Wildman–Crippen LogP) is 1.33. The van der Waals surface area contributed by atoms with Crippen molar-refractivity contribution in [2.45, 2.75) is 13.3 Å². The standard InChI is InChI=1S/C7H11O2/c1-4-5-6(2)7(8)9-3/h4H,1,5H2,2-3H3. The van der Waals surface area contributed by atoms with Gasteiger partial charge in [0.15, 0.2) is 0 Å². The SMILES string of the molecule is C=CC[C](C)C(=O)OC. The molecule has 0 saturated carbocycles. The Labute approximate surface area is 55.5 Å². The van der Waals surface area contributed by atoms with Crippen LogP contribution in [0.5, 0.6) is 0 Å². The molecule has 0 spiro atoms. The second-order valence-electron chi connectivity index (χ2n) is 1.76. The largest absolute Gasteiger partial charge is 0.469 e. The molecule has 9 heavy (non-hydrogen) atoms. The smallest absolute Gasteiger partial charge is 0.312 e. The molecule has 2 nitrogen and oxygen atoms in total. The van der Waals surface area contributed by atoms with Crippen LogP contribution in [0.15, 0.2) is 12.7 Å². The highest BCUT2D eigenvalue weighted by Gasteiger charge is 2.10. The van der Waals surface area contributed by atoms with Crippen LogP contribution in [0.2, 0.25) is 0 Å². The lowest BCUT2D eigenvalue weighted by molar-refractivity contribution is -0.138. The van der Waals surface area contributed by atoms with Crippen molar-refractivity contribution in [2.75, 3.05) is 7.11 Å². The summed E-state index contributed by atoms with van der Waals surface area (Å²) in [6, 6.07) is 0. The Bertz CT molecular complexity index is 107. The number of hydrogen-bond acceptors (Lipinski definition) is 2. The molecular formula is C7H11O2. The number of ether oxygens (including phenoxy) is 1. The van der Waals surface area contributed by atoms with E-state index < -0.39 is 0 Å². The number of methoxy groups -OCH3 is 1. The number of allylic oxidation sites excluding steroid dienone is 1. The van der Waals surface area contributed by atoms with Gasteiger partial charge >= 0.3 is 5.97 Å². The zero-order valence-corrected chi connectivity index (χ0v) is 5.81. The molecule has 0 bridgehead atoms. The van der Waals surface area contributed by atoms with Crippen LogP contribution in [-0.4, -0.2) is 13.1 Å². The topological polar surface area (TPSA) is 26.3 Å². The summed E-state index contributed by atoms with van der Waals surface area (Å²) in [4.78, 5) is 10.6. The highest BCUT2D eigenvalue weighted by molar-refractivity contribution is 5.84. The van der Waals surface area contributed by atoms with E-state index in [-0.39, 0.29) is 5.97 Å². The average molecular weight is 127 g/mol. The molecule has 2 heteroatoms. The first-order valence-corrected chi connectivity index (χ1v) is 2.74. The Kier molecular flexibility index (Phi) is 3.76. The van der Waals surface area contributed by atoms with Gasteiger partial charge in [0.2, 0.25) is 0 Å². The van der Waals surface area contributed by atoms with Gasteiger partial charge in [-0.15, -0.1) is 6.58 Å². The van der Waals surface area contributed by atoms with Crippen LogP contribution in [0.25, 0.3) is 0 Å². The van der Waals surface area contributed by atoms with Crippen LogP contribution < -0.4 is 0 Å². The lowest BCUT2D eigenvalue weighted by Crippen LogP contribution is -2.08. The molecule has 0 aliphatic rings. The van der Waals surface area contributed by atoms with Crippen molar-refractivity contribution < 1.29 is 9.53 Å². The Morgan fingerprint density at radius 3 is 2.67 bits per heavy atom. The van der Waals surface area contributed by atoms with E-state index in [9.17, 15) is 4.79 Å². The summed E-state index contributed by atoms with van der Waals surface area (Å²) in [7, 11) is 1.37. The molecular weight excluding hydrogens is 116 g/mol. The molecule has 0 amide bonds. The van der Waals surface area contributed by atoms with E-state index in [1.165, 1.54) is 7.11 Å². The van der Waals surface area contributed by atoms with Crippen molar-refractivity contribution in [1.82, 2.24) is 0 Å². The maximum Gasteiger partial charge on any atom is 0.312 e. The van der Waals surface area contributed by atoms with Crippen LogP contribution in [0.3, 0.4) is 0 Å². The van der Waals surface area contributed by atoms with Gasteiger partial charge in [-0.1, -0.05) is 6.08 Å². The third-order valence-electron chi connectivity index (χ3n) is 0.984. The summed E-state index contributed by atoms with van der Waals surface area (Å²) in [6.45, 7) is 5.22. The summed E-state index contributed by atoms with van der Waals surface area (Å²) >= 11 is 0. The Balaban J connectivity index is 3.58. The number of carbonyl (C=O) groups excluding carboxylic acids is 1. The van der Waals surface area contributed by atoms with Crippen molar-refractivity contribution >= 4 is 5.97 Å². The lowest BCUT2D eigenvalue weighted by Gasteiger charge is -2.02. The minimum atomic E-state index is -0.255. The van der Waals surface area contributed by atoms with Crippen molar-refractivity contribution in [3.05, 3.63) is 18.6 Å². The third-order valence-corrected chi connectivity index (χ3v) is 0.984. The number of rotatable bonds is 3. The maximum atomic E-state index is 10.6. The van der Waals surface area contributed by atoms with Gasteiger partial charge in [-0.3, -0.25) is 4.79 Å². The zero-order valence-electron chi connectivity index (χ0n) is 5.81. The summed E-state index contributed by atoms with van der Waals surface area (Å²) in [5, 5.41) is 0. The van der Waals surface area contributed by atoms with Crippen LogP contribution in [0, 0.1) is 5.92 Å². The Morgan fingerprint density at radius 2 is 2.33 bits per heavy atom. The molecule has 0 aromatic carbocycles. The predicted molar refractivity (Wildman–Crippen MR) is 35.7 cm³/mol. The second kappa shape index (κ2) is 4.13. The van der Waals surface area contributed by atoms with E-state index in [1.54, 1.807) is 13.0 Å². The molecule has 0 saturated heterocycles. The molecule has 0 unspecified atom stereocenters. The molecule has 51 valence electrons. The van der Waals surface area contributed by atoms with E-state index >= 15 is 0 Å². The third kappa shape index (κ3) is 2.90. The molecule has 1 radical (unpaired) electrons. The van der Waals surface area contributed by atoms with Gasteiger partial charge in [0, 0.05) is 0 Å². The second-order valence-corrected chi connectivity index (χ2v) is 1.76. The van der Waals surface area contributed by atoms with Crippen molar-refractivity contribution in [1.29, 1.82) is 0 Å². The summed E-state index contributed by atoms with van der Waals surface area (Å²) in [5.74, 6) is 0.433. The minimum Gasteiger partial charge on any atom is -0.469 e. The zero-order chi connectivity index (χ0) is 7.28. The van der Waals surface area contributed by atoms with E-state index in [4.69, 9.17) is 0 Å². The van der Waals surface area contributed by atoms with Gasteiger partial charge in [0.05, 0.1) is 13.0 Å². The quantitative estimate of drug-likeness (QED) is 0.422. The van der Waals surface area contributed by atoms with Crippen molar-refractivity contribution in [3.8, 4) is 0 Å². The van der Waals surface area contributed by atoms with E-state index in [0.717, 1.165) is 0 Å². The van der Waals surface area contributed by atoms with Gasteiger partial charge in [-0.25, -0.2) is 0 Å². The molecule has 0 heterocycles. The van der Waals surface area contributed by atoms with E-state index in [0.29, 0.717) is 12.3 Å². The Morgan fingerprint density at radius 1 is 1.78 bits per heavy atom. The molecule has 0 rings (SSSR count). The maximum absolute atomic E-state index is 10.6. The highest BCUT2D eigenvalue weighted by Crippen LogP contribution is 2.05. The van der Waals surface area contributed by atoms with E-state index in [1.807, 2.05) is 0 Å². The minimum absolute atomic E-state index is 0.255. The molecule has 0 N–H and O–H groups in total. The van der Waals surface area contributed by atoms with Crippen molar-refractivity contribution in [2.24, 2.45) is 0 Å². The van der Waals surface area contributed by atoms with Gasteiger partial charge < -0.3 is 4.74 Å². The fraction of sp³-hybridized carbons (Fsp3) is 0.429. The monoisotopic (exact) mass is 127 g/mol. The van der Waals surface area contributed by atoms with E-state index in [2.05, 4.69) is 11.3 Å². The molecule has 0 aliphatic heterocycles. The first-order chi connectivity index (χ1) is 4.22. The first-order valence-electron chi connectivity index (χ1n) is 2.74. The number of hydrogen-bond donors (Lipinski definition) is 0. The summed E-state index contributed by atoms with van der Waals surface area (Å²) < 4.78 is 4.44. The fourth-order valence-corrected chi connectivity index (χ4v) is 0.474. The van der Waals surface area contributed by atoms with Gasteiger partial charge in [-0.2, -0.15) is 0 Å².